The van der Waals surface area contributed by atoms with E-state index < -0.39 is 16.2 Å². The molecule has 1 N–H and O–H groups in total. The number of carbonyl (C=O) groups excluding carboxylic acids is 1. The molecule has 2 aliphatic heterocycles. The summed E-state index contributed by atoms with van der Waals surface area (Å²) in [6.07, 6.45) is 0.782. The van der Waals surface area contributed by atoms with Crippen LogP contribution in [0.5, 0.6) is 0 Å². The Hall–Kier alpha value is -1.35. The molecule has 0 saturated carbocycles. The first kappa shape index (κ1) is 17.5. The van der Waals surface area contributed by atoms with Crippen molar-refractivity contribution in [1.82, 2.24) is 14.5 Å². The average molecular weight is 374 g/mol. The van der Waals surface area contributed by atoms with Gasteiger partial charge in [0.2, 0.25) is 10.0 Å². The third-order valence-electron chi connectivity index (χ3n) is 4.21. The van der Waals surface area contributed by atoms with E-state index in [0.29, 0.717) is 50.7 Å². The molecule has 2 saturated heterocycles. The Morgan fingerprint density at radius 3 is 2.50 bits per heavy atom. The lowest BCUT2D eigenvalue weighted by atomic mass is 10.3. The second kappa shape index (κ2) is 7.26. The van der Waals surface area contributed by atoms with Gasteiger partial charge in [-0.1, -0.05) is 11.6 Å². The molecule has 2 amide bonds. The summed E-state index contributed by atoms with van der Waals surface area (Å²) in [5.41, 5.74) is 0. The number of nitrogens with one attached hydrogen (secondary N) is 1. The maximum absolute atomic E-state index is 12.8. The van der Waals surface area contributed by atoms with Gasteiger partial charge in [-0.15, -0.1) is 0 Å². The molecule has 0 radical (unpaired) electrons. The lowest BCUT2D eigenvalue weighted by molar-refractivity contribution is 0.0517. The number of rotatable bonds is 3. The van der Waals surface area contributed by atoms with Gasteiger partial charge < -0.3 is 15.0 Å². The van der Waals surface area contributed by atoms with E-state index in [9.17, 15) is 13.2 Å². The number of amides is 2. The number of ether oxygens (including phenoxy) is 1. The fraction of sp³-hybridized carbons (Fsp3) is 0.533. The fourth-order valence-corrected chi connectivity index (χ4v) is 4.65. The normalized spacial score (nSPS) is 22.5. The highest BCUT2D eigenvalue weighted by atomic mass is 35.5. The molecule has 3 rings (SSSR count). The highest BCUT2D eigenvalue weighted by Gasteiger charge is 2.36. The molecule has 2 heterocycles. The smallest absolute Gasteiger partial charge is 0.318 e. The zero-order valence-corrected chi connectivity index (χ0v) is 14.7. The van der Waals surface area contributed by atoms with E-state index in [2.05, 4.69) is 5.32 Å². The van der Waals surface area contributed by atoms with Crippen molar-refractivity contribution in [3.63, 3.8) is 0 Å². The van der Waals surface area contributed by atoms with Crippen LogP contribution in [-0.4, -0.2) is 62.7 Å². The molecule has 0 spiro atoms. The first-order valence-electron chi connectivity index (χ1n) is 7.89. The Morgan fingerprint density at radius 2 is 1.83 bits per heavy atom. The summed E-state index contributed by atoms with van der Waals surface area (Å²) in [5, 5.41) is 3.32. The SMILES string of the molecule is O=C(N[C@H]1CCCN1S(=O)(=O)c1ccc(Cl)cc1)N1CCOCC1. The summed E-state index contributed by atoms with van der Waals surface area (Å²) >= 11 is 5.82. The molecule has 132 valence electrons. The van der Waals surface area contributed by atoms with Gasteiger partial charge in [-0.05, 0) is 37.1 Å². The van der Waals surface area contributed by atoms with Crippen LogP contribution in [0.2, 0.25) is 5.02 Å². The minimum atomic E-state index is -3.66. The molecule has 1 aromatic rings. The highest BCUT2D eigenvalue weighted by Crippen LogP contribution is 2.25. The van der Waals surface area contributed by atoms with Gasteiger partial charge in [-0.25, -0.2) is 13.2 Å². The van der Waals surface area contributed by atoms with E-state index in [1.807, 2.05) is 0 Å². The lowest BCUT2D eigenvalue weighted by Crippen LogP contribution is -2.53. The van der Waals surface area contributed by atoms with E-state index in [1.165, 1.54) is 16.4 Å². The summed E-state index contributed by atoms with van der Waals surface area (Å²) in [6.45, 7) is 2.43. The predicted octanol–water partition coefficient (Wildman–Crippen LogP) is 1.49. The van der Waals surface area contributed by atoms with E-state index in [0.717, 1.165) is 0 Å². The van der Waals surface area contributed by atoms with Crippen LogP contribution in [0, 0.1) is 0 Å². The number of urea groups is 1. The quantitative estimate of drug-likeness (QED) is 0.870. The minimum Gasteiger partial charge on any atom is -0.378 e. The van der Waals surface area contributed by atoms with Crippen LogP contribution >= 0.6 is 11.6 Å². The largest absolute Gasteiger partial charge is 0.378 e. The molecule has 2 aliphatic rings. The highest BCUT2D eigenvalue weighted by molar-refractivity contribution is 7.89. The second-order valence-corrected chi connectivity index (χ2v) is 8.10. The van der Waals surface area contributed by atoms with Gasteiger partial charge in [0.25, 0.3) is 0 Å². The van der Waals surface area contributed by atoms with Crippen molar-refractivity contribution >= 4 is 27.7 Å². The average Bonchev–Trinajstić information content (AvgIpc) is 3.05. The number of sulfonamides is 1. The molecule has 0 aliphatic carbocycles. The van der Waals surface area contributed by atoms with Crippen molar-refractivity contribution < 1.29 is 17.9 Å². The lowest BCUT2D eigenvalue weighted by Gasteiger charge is -2.31. The predicted molar refractivity (Wildman–Crippen MR) is 89.3 cm³/mol. The standard InChI is InChI=1S/C15H20ClN3O4S/c16-12-3-5-13(6-4-12)24(21,22)19-7-1-2-14(19)17-15(20)18-8-10-23-11-9-18/h3-6,14H,1-2,7-11H2,(H,17,20)/t14-/m1/s1. The topological polar surface area (TPSA) is 79.0 Å². The number of benzene rings is 1. The van der Waals surface area contributed by atoms with Gasteiger partial charge in [-0.2, -0.15) is 4.31 Å². The first-order chi connectivity index (χ1) is 11.5. The van der Waals surface area contributed by atoms with Gasteiger partial charge in [0, 0.05) is 24.7 Å². The van der Waals surface area contributed by atoms with Crippen LogP contribution < -0.4 is 5.32 Å². The van der Waals surface area contributed by atoms with Crippen LogP contribution in [0.25, 0.3) is 0 Å². The van der Waals surface area contributed by atoms with E-state index in [1.54, 1.807) is 17.0 Å². The number of morpholine rings is 1. The third kappa shape index (κ3) is 3.66. The molecule has 2 fully saturated rings. The van der Waals surface area contributed by atoms with Gasteiger partial charge in [0.05, 0.1) is 24.3 Å². The van der Waals surface area contributed by atoms with E-state index >= 15 is 0 Å². The molecule has 0 unspecified atom stereocenters. The number of carbonyl (C=O) groups is 1. The number of hydrogen-bond acceptors (Lipinski definition) is 4. The summed E-state index contributed by atoms with van der Waals surface area (Å²) in [6, 6.07) is 5.81. The van der Waals surface area contributed by atoms with E-state index in [4.69, 9.17) is 16.3 Å². The van der Waals surface area contributed by atoms with Crippen molar-refractivity contribution in [2.75, 3.05) is 32.8 Å². The molecule has 9 heteroatoms. The summed E-state index contributed by atoms with van der Waals surface area (Å²) in [7, 11) is -3.66. The minimum absolute atomic E-state index is 0.180. The van der Waals surface area contributed by atoms with Crippen LogP contribution in [0.1, 0.15) is 12.8 Å². The molecular formula is C15H20ClN3O4S. The first-order valence-corrected chi connectivity index (χ1v) is 9.71. The molecule has 7 nitrogen and oxygen atoms in total. The van der Waals surface area contributed by atoms with Crippen molar-refractivity contribution in [3.8, 4) is 0 Å². The van der Waals surface area contributed by atoms with Crippen molar-refractivity contribution in [2.45, 2.75) is 23.9 Å². The molecule has 0 aromatic heterocycles. The van der Waals surface area contributed by atoms with E-state index in [-0.39, 0.29) is 10.9 Å². The number of nitrogens with zero attached hydrogens (tertiary/aromatic N) is 2. The van der Waals surface area contributed by atoms with Gasteiger partial charge in [0.1, 0.15) is 0 Å². The number of halogens is 1. The van der Waals surface area contributed by atoms with Gasteiger partial charge in [-0.3, -0.25) is 0 Å². The third-order valence-corrected chi connectivity index (χ3v) is 6.39. The van der Waals surface area contributed by atoms with Crippen molar-refractivity contribution in [1.29, 1.82) is 0 Å². The van der Waals surface area contributed by atoms with Crippen molar-refractivity contribution in [3.05, 3.63) is 29.3 Å². The maximum atomic E-state index is 12.8. The molecule has 24 heavy (non-hydrogen) atoms. The Bertz CT molecular complexity index is 689. The molecule has 0 bridgehead atoms. The van der Waals surface area contributed by atoms with Crippen molar-refractivity contribution in [2.24, 2.45) is 0 Å². The zero-order valence-electron chi connectivity index (χ0n) is 13.2. The van der Waals surface area contributed by atoms with Gasteiger partial charge >= 0.3 is 6.03 Å². The van der Waals surface area contributed by atoms with Gasteiger partial charge in [0.15, 0.2) is 0 Å². The van der Waals surface area contributed by atoms with Crippen LogP contribution in [-0.2, 0) is 14.8 Å². The molecular weight excluding hydrogens is 354 g/mol. The summed E-state index contributed by atoms with van der Waals surface area (Å²) in [5.74, 6) is 0. The fourth-order valence-electron chi connectivity index (χ4n) is 2.91. The van der Waals surface area contributed by atoms with Crippen LogP contribution in [0.4, 0.5) is 4.79 Å². The Labute approximate surface area is 146 Å². The summed E-state index contributed by atoms with van der Waals surface area (Å²) in [4.78, 5) is 14.2. The molecule has 1 atom stereocenters. The van der Waals surface area contributed by atoms with Crippen LogP contribution in [0.3, 0.4) is 0 Å². The monoisotopic (exact) mass is 373 g/mol. The maximum Gasteiger partial charge on any atom is 0.318 e. The Morgan fingerprint density at radius 1 is 1.17 bits per heavy atom. The second-order valence-electron chi connectivity index (χ2n) is 5.78. The number of hydrogen-bond donors (Lipinski definition) is 1. The Balaban J connectivity index is 1.72. The summed E-state index contributed by atoms with van der Waals surface area (Å²) < 4.78 is 32.2. The zero-order chi connectivity index (χ0) is 17.2. The van der Waals surface area contributed by atoms with Crippen LogP contribution in [0.15, 0.2) is 29.2 Å². The molecule has 1 aromatic carbocycles. The Kier molecular flexibility index (Phi) is 5.29.